The van der Waals surface area contributed by atoms with E-state index in [9.17, 15) is 15.0 Å². The van der Waals surface area contributed by atoms with Crippen LogP contribution in [0.15, 0.2) is 11.6 Å². The standard InChI is InChI=1S/C21H32O3/c1-12(22)19-18(24)11-17-15-5-4-13-10-14(23)6-8-20(13,2)16(15)7-9-21(17,19)3/h4,14-19,23-24H,5-11H2,1-3H3/t14?,15?,16?,17?,18?,19?,20-,21-/m0/s1. The van der Waals surface area contributed by atoms with Gasteiger partial charge in [0, 0.05) is 5.92 Å². The van der Waals surface area contributed by atoms with Crippen molar-refractivity contribution in [2.24, 2.45) is 34.5 Å². The van der Waals surface area contributed by atoms with E-state index in [4.69, 9.17) is 0 Å². The van der Waals surface area contributed by atoms with Gasteiger partial charge in [-0.2, -0.15) is 0 Å². The highest BCUT2D eigenvalue weighted by molar-refractivity contribution is 5.80. The molecule has 2 N–H and O–H groups in total. The van der Waals surface area contributed by atoms with Gasteiger partial charge < -0.3 is 10.2 Å². The van der Waals surface area contributed by atoms with Crippen LogP contribution >= 0.6 is 0 Å². The molecule has 8 atom stereocenters. The van der Waals surface area contributed by atoms with Crippen molar-refractivity contribution in [2.75, 3.05) is 0 Å². The Morgan fingerprint density at radius 2 is 1.92 bits per heavy atom. The maximum atomic E-state index is 12.2. The number of carbonyl (C=O) groups excluding carboxylic acids is 1. The quantitative estimate of drug-likeness (QED) is 0.723. The van der Waals surface area contributed by atoms with E-state index in [0.29, 0.717) is 17.8 Å². The van der Waals surface area contributed by atoms with Gasteiger partial charge in [-0.05, 0) is 80.5 Å². The van der Waals surface area contributed by atoms with Crippen LogP contribution in [0.5, 0.6) is 0 Å². The summed E-state index contributed by atoms with van der Waals surface area (Å²) in [5, 5.41) is 20.7. The minimum atomic E-state index is -0.456. The SMILES string of the molecule is CC(=O)C1C(O)CC2C3CC=C4CC(O)CC[C@]4(C)C3CC[C@@]21C. The van der Waals surface area contributed by atoms with Crippen molar-refractivity contribution in [1.82, 2.24) is 0 Å². The first-order chi connectivity index (χ1) is 11.3. The van der Waals surface area contributed by atoms with Crippen LogP contribution in [0.1, 0.15) is 65.7 Å². The molecule has 3 heteroatoms. The predicted molar refractivity (Wildman–Crippen MR) is 93.3 cm³/mol. The second-order valence-electron chi connectivity index (χ2n) is 9.59. The molecule has 0 amide bonds. The number of hydrogen-bond acceptors (Lipinski definition) is 3. The first-order valence-electron chi connectivity index (χ1n) is 9.83. The minimum absolute atomic E-state index is 0.0255. The molecule has 134 valence electrons. The molecule has 3 saturated carbocycles. The molecule has 0 bridgehead atoms. The largest absolute Gasteiger partial charge is 0.393 e. The average molecular weight is 332 g/mol. The van der Waals surface area contributed by atoms with E-state index in [1.54, 1.807) is 6.92 Å². The van der Waals surface area contributed by atoms with E-state index in [1.165, 1.54) is 5.57 Å². The molecule has 0 heterocycles. The number of fused-ring (bicyclic) bond motifs is 5. The maximum Gasteiger partial charge on any atom is 0.136 e. The summed E-state index contributed by atoms with van der Waals surface area (Å²) in [6, 6.07) is 0. The Bertz CT molecular complexity index is 582. The van der Waals surface area contributed by atoms with Gasteiger partial charge in [0.25, 0.3) is 0 Å². The van der Waals surface area contributed by atoms with E-state index >= 15 is 0 Å². The van der Waals surface area contributed by atoms with E-state index in [0.717, 1.165) is 44.9 Å². The fraction of sp³-hybridized carbons (Fsp3) is 0.857. The van der Waals surface area contributed by atoms with Crippen molar-refractivity contribution in [1.29, 1.82) is 0 Å². The Labute approximate surface area is 145 Å². The van der Waals surface area contributed by atoms with E-state index in [2.05, 4.69) is 19.9 Å². The fourth-order valence-corrected chi connectivity index (χ4v) is 7.39. The summed E-state index contributed by atoms with van der Waals surface area (Å²) in [4.78, 5) is 12.2. The van der Waals surface area contributed by atoms with E-state index in [1.807, 2.05) is 0 Å². The smallest absolute Gasteiger partial charge is 0.136 e. The van der Waals surface area contributed by atoms with Gasteiger partial charge in [0.1, 0.15) is 5.78 Å². The summed E-state index contributed by atoms with van der Waals surface area (Å²) >= 11 is 0. The number of aliphatic hydroxyl groups excluding tert-OH is 2. The molecule has 24 heavy (non-hydrogen) atoms. The highest BCUT2D eigenvalue weighted by Crippen LogP contribution is 2.66. The number of hydrogen-bond donors (Lipinski definition) is 2. The minimum Gasteiger partial charge on any atom is -0.393 e. The lowest BCUT2D eigenvalue weighted by molar-refractivity contribution is -0.130. The molecule has 0 aliphatic heterocycles. The van der Waals surface area contributed by atoms with Crippen LogP contribution in [-0.4, -0.2) is 28.2 Å². The van der Waals surface area contributed by atoms with E-state index in [-0.39, 0.29) is 28.6 Å². The molecular weight excluding hydrogens is 300 g/mol. The normalized spacial score (nSPS) is 53.6. The van der Waals surface area contributed by atoms with Crippen molar-refractivity contribution >= 4 is 5.78 Å². The molecule has 4 aliphatic rings. The monoisotopic (exact) mass is 332 g/mol. The molecule has 0 aromatic heterocycles. The summed E-state index contributed by atoms with van der Waals surface area (Å²) in [6.07, 6.45) is 8.73. The highest BCUT2D eigenvalue weighted by Gasteiger charge is 2.61. The Balaban J connectivity index is 1.68. The lowest BCUT2D eigenvalue weighted by Crippen LogP contribution is -2.51. The summed E-state index contributed by atoms with van der Waals surface area (Å²) in [5.74, 6) is 1.70. The van der Waals surface area contributed by atoms with Crippen LogP contribution in [0, 0.1) is 34.5 Å². The first kappa shape index (κ1) is 16.8. The van der Waals surface area contributed by atoms with Gasteiger partial charge in [-0.3, -0.25) is 4.79 Å². The third-order valence-electron chi connectivity index (χ3n) is 8.54. The van der Waals surface area contributed by atoms with Gasteiger partial charge in [0.2, 0.25) is 0 Å². The molecule has 4 aliphatic carbocycles. The topological polar surface area (TPSA) is 57.5 Å². The van der Waals surface area contributed by atoms with Gasteiger partial charge >= 0.3 is 0 Å². The maximum absolute atomic E-state index is 12.2. The molecule has 0 aromatic rings. The second kappa shape index (κ2) is 5.41. The van der Waals surface area contributed by atoms with Crippen molar-refractivity contribution in [3.63, 3.8) is 0 Å². The molecule has 3 nitrogen and oxygen atoms in total. The Morgan fingerprint density at radius 1 is 1.17 bits per heavy atom. The molecule has 0 saturated heterocycles. The number of rotatable bonds is 1. The van der Waals surface area contributed by atoms with Crippen LogP contribution in [0.25, 0.3) is 0 Å². The number of aliphatic hydroxyl groups is 2. The summed E-state index contributed by atoms with van der Waals surface area (Å²) in [7, 11) is 0. The first-order valence-corrected chi connectivity index (χ1v) is 9.83. The van der Waals surface area contributed by atoms with Crippen molar-refractivity contribution < 1.29 is 15.0 Å². The van der Waals surface area contributed by atoms with Gasteiger partial charge in [0.05, 0.1) is 12.2 Å². The van der Waals surface area contributed by atoms with Crippen LogP contribution in [-0.2, 0) is 4.79 Å². The zero-order valence-electron chi connectivity index (χ0n) is 15.3. The second-order valence-corrected chi connectivity index (χ2v) is 9.59. The zero-order valence-corrected chi connectivity index (χ0v) is 15.3. The third-order valence-corrected chi connectivity index (χ3v) is 8.54. The van der Waals surface area contributed by atoms with Crippen LogP contribution in [0.2, 0.25) is 0 Å². The Hall–Kier alpha value is -0.670. The van der Waals surface area contributed by atoms with Crippen molar-refractivity contribution in [3.05, 3.63) is 11.6 Å². The van der Waals surface area contributed by atoms with Gasteiger partial charge in [-0.15, -0.1) is 0 Å². The lowest BCUT2D eigenvalue weighted by Gasteiger charge is -2.57. The Morgan fingerprint density at radius 3 is 2.62 bits per heavy atom. The fourth-order valence-electron chi connectivity index (χ4n) is 7.39. The summed E-state index contributed by atoms with van der Waals surface area (Å²) in [6.45, 7) is 6.34. The lowest BCUT2D eigenvalue weighted by atomic mass is 9.47. The van der Waals surface area contributed by atoms with Gasteiger partial charge in [0.15, 0.2) is 0 Å². The molecule has 3 fully saturated rings. The molecule has 0 aromatic carbocycles. The number of carbonyl (C=O) groups is 1. The van der Waals surface area contributed by atoms with Gasteiger partial charge in [-0.1, -0.05) is 25.5 Å². The highest BCUT2D eigenvalue weighted by atomic mass is 16.3. The zero-order chi connectivity index (χ0) is 17.3. The molecule has 6 unspecified atom stereocenters. The molecule has 4 rings (SSSR count). The average Bonchev–Trinajstić information content (AvgIpc) is 2.78. The summed E-state index contributed by atoms with van der Waals surface area (Å²) < 4.78 is 0. The predicted octanol–water partition coefficient (Wildman–Crippen LogP) is 3.49. The van der Waals surface area contributed by atoms with E-state index < -0.39 is 6.10 Å². The van der Waals surface area contributed by atoms with Crippen molar-refractivity contribution in [3.8, 4) is 0 Å². The van der Waals surface area contributed by atoms with Crippen molar-refractivity contribution in [2.45, 2.75) is 77.9 Å². The summed E-state index contributed by atoms with van der Waals surface area (Å²) in [5.41, 5.74) is 1.68. The van der Waals surface area contributed by atoms with Gasteiger partial charge in [-0.25, -0.2) is 0 Å². The third kappa shape index (κ3) is 2.13. The Kier molecular flexibility index (Phi) is 3.78. The molecular formula is C21H32O3. The van der Waals surface area contributed by atoms with Crippen LogP contribution in [0.4, 0.5) is 0 Å². The molecule has 0 spiro atoms. The number of Topliss-reactive ketones (excluding diaryl/α,β-unsaturated/α-hetero) is 1. The van der Waals surface area contributed by atoms with Crippen LogP contribution in [0.3, 0.4) is 0 Å². The molecule has 0 radical (unpaired) electrons. The number of ketones is 1. The number of allylic oxidation sites excluding steroid dienone is 1. The van der Waals surface area contributed by atoms with Crippen LogP contribution < -0.4 is 0 Å².